The lowest BCUT2D eigenvalue weighted by Crippen LogP contribution is -2.45. The average Bonchev–Trinajstić information content (AvgIpc) is 2.77. The molecule has 3 N–H and O–H groups in total. The van der Waals surface area contributed by atoms with Gasteiger partial charge in [0.05, 0.1) is 6.54 Å². The molecule has 1 heterocycles. The van der Waals surface area contributed by atoms with Gasteiger partial charge in [0, 0.05) is 6.07 Å². The van der Waals surface area contributed by atoms with Gasteiger partial charge in [0.15, 0.2) is 0 Å². The summed E-state index contributed by atoms with van der Waals surface area (Å²) in [5, 5.41) is 17.6. The maximum absolute atomic E-state index is 11.6. The second-order valence-electron chi connectivity index (χ2n) is 4.29. The smallest absolute Gasteiger partial charge is 0.326 e. The minimum Gasteiger partial charge on any atom is -0.480 e. The largest absolute Gasteiger partial charge is 0.480 e. The molecule has 0 saturated heterocycles. The predicted molar refractivity (Wildman–Crippen MR) is 67.6 cm³/mol. The number of nitrogens with zero attached hydrogens (tertiary/aromatic N) is 1. The first-order chi connectivity index (χ1) is 9.02. The lowest BCUT2D eigenvalue weighted by Gasteiger charge is -2.14. The number of nitrogens with one attached hydrogen (secondary N) is 2. The van der Waals surface area contributed by atoms with Gasteiger partial charge < -0.3 is 20.3 Å². The Labute approximate surface area is 111 Å². The molecule has 0 aliphatic carbocycles. The van der Waals surface area contributed by atoms with Gasteiger partial charge in [-0.05, 0) is 13.3 Å². The Hall–Kier alpha value is -2.05. The molecule has 0 radical (unpaired) electrons. The van der Waals surface area contributed by atoms with Crippen LogP contribution in [-0.2, 0) is 11.3 Å². The van der Waals surface area contributed by atoms with Gasteiger partial charge >= 0.3 is 12.0 Å². The van der Waals surface area contributed by atoms with Crippen LogP contribution in [-0.4, -0.2) is 28.3 Å². The van der Waals surface area contributed by atoms with Gasteiger partial charge in [0.25, 0.3) is 0 Å². The highest BCUT2D eigenvalue weighted by atomic mass is 16.5. The van der Waals surface area contributed by atoms with E-state index >= 15 is 0 Å². The van der Waals surface area contributed by atoms with Crippen LogP contribution in [0.25, 0.3) is 0 Å². The van der Waals surface area contributed by atoms with Crippen molar-refractivity contribution in [1.82, 2.24) is 15.8 Å². The van der Waals surface area contributed by atoms with Crippen molar-refractivity contribution in [2.75, 3.05) is 0 Å². The summed E-state index contributed by atoms with van der Waals surface area (Å²) in [5.74, 6) is -0.371. The lowest BCUT2D eigenvalue weighted by atomic mass is 10.1. The van der Waals surface area contributed by atoms with Crippen molar-refractivity contribution >= 4 is 12.0 Å². The first-order valence-electron chi connectivity index (χ1n) is 6.22. The van der Waals surface area contributed by atoms with E-state index in [0.29, 0.717) is 17.9 Å². The molecule has 2 amide bonds. The number of aryl methyl sites for hydroxylation is 1. The van der Waals surface area contributed by atoms with Gasteiger partial charge in [-0.2, -0.15) is 0 Å². The fourth-order valence-corrected chi connectivity index (χ4v) is 1.55. The SMILES string of the molecule is CCCC[C@H](NC(=O)NCc1cc(C)on1)C(=O)O. The van der Waals surface area contributed by atoms with Gasteiger partial charge in [0.1, 0.15) is 17.5 Å². The Bertz CT molecular complexity index is 430. The van der Waals surface area contributed by atoms with Crippen molar-refractivity contribution in [3.63, 3.8) is 0 Å². The Balaban J connectivity index is 2.37. The molecule has 0 aromatic carbocycles. The van der Waals surface area contributed by atoms with E-state index in [1.807, 2.05) is 6.92 Å². The lowest BCUT2D eigenvalue weighted by molar-refractivity contribution is -0.139. The molecule has 1 atom stereocenters. The van der Waals surface area contributed by atoms with Gasteiger partial charge in [0.2, 0.25) is 0 Å². The van der Waals surface area contributed by atoms with E-state index in [-0.39, 0.29) is 6.54 Å². The third-order valence-electron chi connectivity index (χ3n) is 2.56. The number of rotatable bonds is 7. The minimum absolute atomic E-state index is 0.198. The van der Waals surface area contributed by atoms with Gasteiger partial charge in [-0.1, -0.05) is 24.9 Å². The third-order valence-corrected chi connectivity index (χ3v) is 2.56. The molecular weight excluding hydrogens is 250 g/mol. The Morgan fingerprint density at radius 1 is 1.53 bits per heavy atom. The van der Waals surface area contributed by atoms with E-state index < -0.39 is 18.0 Å². The van der Waals surface area contributed by atoms with E-state index in [0.717, 1.165) is 12.8 Å². The number of aromatic nitrogens is 1. The highest BCUT2D eigenvalue weighted by Crippen LogP contribution is 2.02. The molecule has 0 bridgehead atoms. The number of hydrogen-bond donors (Lipinski definition) is 3. The topological polar surface area (TPSA) is 104 Å². The molecular formula is C12H19N3O4. The maximum atomic E-state index is 11.6. The molecule has 1 aromatic heterocycles. The van der Waals surface area contributed by atoms with E-state index in [1.165, 1.54) is 0 Å². The van der Waals surface area contributed by atoms with Crippen LogP contribution in [0.5, 0.6) is 0 Å². The summed E-state index contributed by atoms with van der Waals surface area (Å²) in [7, 11) is 0. The quantitative estimate of drug-likeness (QED) is 0.694. The summed E-state index contributed by atoms with van der Waals surface area (Å²) in [4.78, 5) is 22.5. The molecule has 7 nitrogen and oxygen atoms in total. The number of carboxylic acids is 1. The molecule has 106 valence electrons. The number of aliphatic carboxylic acids is 1. The minimum atomic E-state index is -1.03. The standard InChI is InChI=1S/C12H19N3O4/c1-3-4-5-10(11(16)17)14-12(18)13-7-9-6-8(2)19-15-9/h6,10H,3-5,7H2,1-2H3,(H,16,17)(H2,13,14,18)/t10-/m0/s1. The fraction of sp³-hybridized carbons (Fsp3) is 0.583. The predicted octanol–water partition coefficient (Wildman–Crippen LogP) is 1.43. The van der Waals surface area contributed by atoms with Crippen molar-refractivity contribution in [3.05, 3.63) is 17.5 Å². The normalized spacial score (nSPS) is 11.9. The van der Waals surface area contributed by atoms with E-state index in [1.54, 1.807) is 13.0 Å². The first kappa shape index (κ1) is 15.0. The Kier molecular flexibility index (Phi) is 5.84. The summed E-state index contributed by atoms with van der Waals surface area (Å²) >= 11 is 0. The molecule has 1 rings (SSSR count). The van der Waals surface area contributed by atoms with Gasteiger partial charge in [-0.25, -0.2) is 9.59 Å². The molecule has 0 spiro atoms. The van der Waals surface area contributed by atoms with Crippen LogP contribution in [0, 0.1) is 6.92 Å². The van der Waals surface area contributed by atoms with Crippen LogP contribution in [0.2, 0.25) is 0 Å². The molecule has 0 unspecified atom stereocenters. The van der Waals surface area contributed by atoms with Crippen molar-refractivity contribution in [3.8, 4) is 0 Å². The van der Waals surface area contributed by atoms with Crippen LogP contribution < -0.4 is 10.6 Å². The molecule has 0 aliphatic heterocycles. The second kappa shape index (κ2) is 7.40. The van der Waals surface area contributed by atoms with Crippen LogP contribution in [0.4, 0.5) is 4.79 Å². The van der Waals surface area contributed by atoms with Crippen LogP contribution in [0.1, 0.15) is 37.6 Å². The number of urea groups is 1. The zero-order chi connectivity index (χ0) is 14.3. The van der Waals surface area contributed by atoms with Crippen LogP contribution in [0.3, 0.4) is 0 Å². The van der Waals surface area contributed by atoms with E-state index in [9.17, 15) is 9.59 Å². The number of hydrogen-bond acceptors (Lipinski definition) is 4. The summed E-state index contributed by atoms with van der Waals surface area (Å²) < 4.78 is 4.85. The molecule has 0 saturated carbocycles. The summed E-state index contributed by atoms with van der Waals surface area (Å²) in [6.07, 6.45) is 2.05. The van der Waals surface area contributed by atoms with Crippen molar-refractivity contribution in [1.29, 1.82) is 0 Å². The average molecular weight is 269 g/mol. The Morgan fingerprint density at radius 3 is 2.79 bits per heavy atom. The van der Waals surface area contributed by atoms with Crippen molar-refractivity contribution in [2.24, 2.45) is 0 Å². The van der Waals surface area contributed by atoms with Crippen LogP contribution >= 0.6 is 0 Å². The molecule has 1 aromatic rings. The van der Waals surface area contributed by atoms with Crippen LogP contribution in [0.15, 0.2) is 10.6 Å². The number of carbonyl (C=O) groups excluding carboxylic acids is 1. The monoisotopic (exact) mass is 269 g/mol. The molecule has 0 fully saturated rings. The molecule has 7 heteroatoms. The van der Waals surface area contributed by atoms with E-state index in [2.05, 4.69) is 15.8 Å². The molecule has 0 aliphatic rings. The second-order valence-corrected chi connectivity index (χ2v) is 4.29. The fourth-order valence-electron chi connectivity index (χ4n) is 1.55. The summed E-state index contributed by atoms with van der Waals surface area (Å²) in [6, 6.07) is 0.314. The maximum Gasteiger partial charge on any atom is 0.326 e. The van der Waals surface area contributed by atoms with E-state index in [4.69, 9.17) is 9.63 Å². The van der Waals surface area contributed by atoms with Crippen molar-refractivity contribution < 1.29 is 19.2 Å². The highest BCUT2D eigenvalue weighted by molar-refractivity contribution is 5.82. The number of carbonyl (C=O) groups is 2. The number of unbranched alkanes of at least 4 members (excludes halogenated alkanes) is 1. The van der Waals surface area contributed by atoms with Gasteiger partial charge in [-0.3, -0.25) is 0 Å². The van der Waals surface area contributed by atoms with Crippen molar-refractivity contribution in [2.45, 2.75) is 45.7 Å². The molecule has 19 heavy (non-hydrogen) atoms. The summed E-state index contributed by atoms with van der Waals surface area (Å²) in [5.41, 5.74) is 0.591. The first-order valence-corrected chi connectivity index (χ1v) is 6.22. The van der Waals surface area contributed by atoms with Gasteiger partial charge in [-0.15, -0.1) is 0 Å². The highest BCUT2D eigenvalue weighted by Gasteiger charge is 2.18. The zero-order valence-corrected chi connectivity index (χ0v) is 11.1. The number of carboxylic acid groups (broad SMARTS) is 1. The zero-order valence-electron chi connectivity index (χ0n) is 11.1. The Morgan fingerprint density at radius 2 is 2.26 bits per heavy atom. The summed E-state index contributed by atoms with van der Waals surface area (Å²) in [6.45, 7) is 3.91. The number of amides is 2. The third kappa shape index (κ3) is 5.41.